The van der Waals surface area contributed by atoms with Gasteiger partial charge in [-0.15, -0.1) is 10.2 Å². The van der Waals surface area contributed by atoms with Crippen LogP contribution in [0.15, 0.2) is 58.2 Å². The zero-order valence-electron chi connectivity index (χ0n) is 13.5. The number of hydrogen-bond acceptors (Lipinski definition) is 5. The second-order valence-corrected chi connectivity index (χ2v) is 6.29. The van der Waals surface area contributed by atoms with Gasteiger partial charge in [-0.3, -0.25) is 4.79 Å². The minimum Gasteiger partial charge on any atom is -0.414 e. The maximum atomic E-state index is 12.9. The van der Waals surface area contributed by atoms with E-state index in [2.05, 4.69) is 34.6 Å². The van der Waals surface area contributed by atoms with Crippen molar-refractivity contribution in [2.75, 3.05) is 0 Å². The van der Waals surface area contributed by atoms with Crippen LogP contribution in [-0.4, -0.2) is 16.1 Å². The van der Waals surface area contributed by atoms with E-state index in [1.54, 1.807) is 0 Å². The lowest BCUT2D eigenvalue weighted by molar-refractivity contribution is 0.0946. The average molecular weight is 357 g/mol. The van der Waals surface area contributed by atoms with Crippen molar-refractivity contribution in [1.29, 1.82) is 0 Å². The van der Waals surface area contributed by atoms with Crippen LogP contribution in [0.4, 0.5) is 4.39 Å². The van der Waals surface area contributed by atoms with Gasteiger partial charge in [0.05, 0.1) is 6.54 Å². The molecule has 1 aromatic heterocycles. The Morgan fingerprint density at radius 2 is 1.92 bits per heavy atom. The van der Waals surface area contributed by atoms with Gasteiger partial charge in [-0.1, -0.05) is 36.0 Å². The van der Waals surface area contributed by atoms with Gasteiger partial charge in [0, 0.05) is 11.3 Å². The maximum Gasteiger partial charge on any atom is 0.276 e. The van der Waals surface area contributed by atoms with E-state index >= 15 is 0 Å². The summed E-state index contributed by atoms with van der Waals surface area (Å²) < 4.78 is 18.4. The van der Waals surface area contributed by atoms with Gasteiger partial charge in [-0.05, 0) is 42.3 Å². The van der Waals surface area contributed by atoms with Crippen LogP contribution in [0.25, 0.3) is 0 Å². The van der Waals surface area contributed by atoms with Crippen LogP contribution >= 0.6 is 11.8 Å². The molecule has 0 saturated heterocycles. The SMILES string of the molecule is Cc1ccccc1CSc1nnc(CNC(=O)c2ccc(F)cc2)o1. The number of halogens is 1. The molecule has 128 valence electrons. The van der Waals surface area contributed by atoms with E-state index in [9.17, 15) is 9.18 Å². The third kappa shape index (κ3) is 4.67. The zero-order chi connectivity index (χ0) is 17.6. The van der Waals surface area contributed by atoms with Crippen molar-refractivity contribution < 1.29 is 13.6 Å². The molecular formula is C18H16FN3O2S. The molecule has 1 N–H and O–H groups in total. The molecular weight excluding hydrogens is 341 g/mol. The summed E-state index contributed by atoms with van der Waals surface area (Å²) >= 11 is 1.45. The second-order valence-electron chi connectivity index (χ2n) is 5.37. The van der Waals surface area contributed by atoms with Gasteiger partial charge < -0.3 is 9.73 Å². The van der Waals surface area contributed by atoms with Crippen molar-refractivity contribution in [2.24, 2.45) is 0 Å². The highest BCUT2D eigenvalue weighted by molar-refractivity contribution is 7.98. The first kappa shape index (κ1) is 17.2. The molecule has 0 spiro atoms. The number of benzene rings is 2. The summed E-state index contributed by atoms with van der Waals surface area (Å²) in [7, 11) is 0. The van der Waals surface area contributed by atoms with Gasteiger partial charge in [0.25, 0.3) is 11.1 Å². The molecule has 0 radical (unpaired) electrons. The van der Waals surface area contributed by atoms with Crippen LogP contribution in [0, 0.1) is 12.7 Å². The largest absolute Gasteiger partial charge is 0.414 e. The number of amides is 1. The van der Waals surface area contributed by atoms with Crippen molar-refractivity contribution in [2.45, 2.75) is 24.4 Å². The second kappa shape index (κ2) is 7.94. The van der Waals surface area contributed by atoms with E-state index in [1.807, 2.05) is 12.1 Å². The predicted molar refractivity (Wildman–Crippen MR) is 92.6 cm³/mol. The third-order valence-corrected chi connectivity index (χ3v) is 4.43. The number of hydrogen-bond donors (Lipinski definition) is 1. The number of nitrogens with one attached hydrogen (secondary N) is 1. The number of carbonyl (C=O) groups excluding carboxylic acids is 1. The number of thioether (sulfide) groups is 1. The smallest absolute Gasteiger partial charge is 0.276 e. The lowest BCUT2D eigenvalue weighted by atomic mass is 10.1. The van der Waals surface area contributed by atoms with Gasteiger partial charge in [0.1, 0.15) is 5.82 Å². The molecule has 0 fully saturated rings. The summed E-state index contributed by atoms with van der Waals surface area (Å²) in [6, 6.07) is 13.4. The van der Waals surface area contributed by atoms with Gasteiger partial charge in [-0.2, -0.15) is 0 Å². The first-order valence-electron chi connectivity index (χ1n) is 7.65. The Hall–Kier alpha value is -2.67. The highest BCUT2D eigenvalue weighted by Gasteiger charge is 2.10. The van der Waals surface area contributed by atoms with E-state index in [0.29, 0.717) is 16.7 Å². The molecule has 1 amide bonds. The van der Waals surface area contributed by atoms with E-state index in [0.717, 1.165) is 5.75 Å². The fourth-order valence-electron chi connectivity index (χ4n) is 2.14. The van der Waals surface area contributed by atoms with Crippen LogP contribution in [0.5, 0.6) is 0 Å². The fourth-order valence-corrected chi connectivity index (χ4v) is 3.00. The zero-order valence-corrected chi connectivity index (χ0v) is 14.3. The normalized spacial score (nSPS) is 10.6. The highest BCUT2D eigenvalue weighted by Crippen LogP contribution is 2.23. The summed E-state index contributed by atoms with van der Waals surface area (Å²) in [6.07, 6.45) is 0. The average Bonchev–Trinajstić information content (AvgIpc) is 3.07. The van der Waals surface area contributed by atoms with Crippen molar-refractivity contribution >= 4 is 17.7 Å². The summed E-state index contributed by atoms with van der Waals surface area (Å²) in [6.45, 7) is 2.17. The number of carbonyl (C=O) groups is 1. The molecule has 3 aromatic rings. The van der Waals surface area contributed by atoms with E-state index < -0.39 is 0 Å². The van der Waals surface area contributed by atoms with Gasteiger partial charge in [-0.25, -0.2) is 4.39 Å². The molecule has 0 aliphatic rings. The molecule has 0 unspecified atom stereocenters. The molecule has 25 heavy (non-hydrogen) atoms. The van der Waals surface area contributed by atoms with Crippen molar-refractivity contribution in [3.05, 3.63) is 76.9 Å². The Balaban J connectivity index is 1.52. The topological polar surface area (TPSA) is 68.0 Å². The molecule has 0 saturated carbocycles. The van der Waals surface area contributed by atoms with Crippen molar-refractivity contribution in [3.8, 4) is 0 Å². The van der Waals surface area contributed by atoms with E-state index in [4.69, 9.17) is 4.42 Å². The number of nitrogens with zero attached hydrogens (tertiary/aromatic N) is 2. The highest BCUT2D eigenvalue weighted by atomic mass is 32.2. The van der Waals surface area contributed by atoms with E-state index in [1.165, 1.54) is 47.2 Å². The first-order valence-corrected chi connectivity index (χ1v) is 8.64. The quantitative estimate of drug-likeness (QED) is 0.681. The Bertz CT molecular complexity index is 865. The predicted octanol–water partition coefficient (Wildman–Crippen LogP) is 3.74. The number of aryl methyl sites for hydroxylation is 1. The Morgan fingerprint density at radius 3 is 2.68 bits per heavy atom. The standard InChI is InChI=1S/C18H16FN3O2S/c1-12-4-2-3-5-14(12)11-25-18-22-21-16(24-18)10-20-17(23)13-6-8-15(19)9-7-13/h2-9H,10-11H2,1H3,(H,20,23). The third-order valence-electron chi connectivity index (χ3n) is 3.57. The minimum atomic E-state index is -0.385. The van der Waals surface area contributed by atoms with E-state index in [-0.39, 0.29) is 18.3 Å². The Morgan fingerprint density at radius 1 is 1.16 bits per heavy atom. The molecule has 5 nitrogen and oxygen atoms in total. The molecule has 7 heteroatoms. The first-order chi connectivity index (χ1) is 12.1. The summed E-state index contributed by atoms with van der Waals surface area (Å²) in [5.74, 6) is 0.342. The monoisotopic (exact) mass is 357 g/mol. The van der Waals surface area contributed by atoms with Crippen molar-refractivity contribution in [1.82, 2.24) is 15.5 Å². The lowest BCUT2D eigenvalue weighted by Crippen LogP contribution is -2.22. The molecule has 0 aliphatic carbocycles. The molecule has 0 bridgehead atoms. The molecule has 0 atom stereocenters. The van der Waals surface area contributed by atoms with Crippen LogP contribution in [0.3, 0.4) is 0 Å². The summed E-state index contributed by atoms with van der Waals surface area (Å²) in [4.78, 5) is 12.0. The van der Waals surface area contributed by atoms with Gasteiger partial charge in [0.2, 0.25) is 5.89 Å². The van der Waals surface area contributed by atoms with Gasteiger partial charge in [0.15, 0.2) is 0 Å². The van der Waals surface area contributed by atoms with Crippen molar-refractivity contribution in [3.63, 3.8) is 0 Å². The Kier molecular flexibility index (Phi) is 5.45. The summed E-state index contributed by atoms with van der Waals surface area (Å²) in [5.41, 5.74) is 2.79. The van der Waals surface area contributed by atoms with Gasteiger partial charge >= 0.3 is 0 Å². The van der Waals surface area contributed by atoms with Crippen LogP contribution in [-0.2, 0) is 12.3 Å². The summed E-state index contributed by atoms with van der Waals surface area (Å²) in [5, 5.41) is 11.0. The molecule has 3 rings (SSSR count). The molecule has 0 aliphatic heterocycles. The number of rotatable bonds is 6. The lowest BCUT2D eigenvalue weighted by Gasteiger charge is -2.03. The fraction of sp³-hybridized carbons (Fsp3) is 0.167. The molecule has 2 aromatic carbocycles. The number of aromatic nitrogens is 2. The van der Waals surface area contributed by atoms with Crippen LogP contribution < -0.4 is 5.32 Å². The van der Waals surface area contributed by atoms with Crippen LogP contribution in [0.2, 0.25) is 0 Å². The Labute approximate surface area is 148 Å². The molecule has 1 heterocycles. The minimum absolute atomic E-state index is 0.119. The maximum absolute atomic E-state index is 12.9. The van der Waals surface area contributed by atoms with Crippen LogP contribution in [0.1, 0.15) is 27.4 Å².